The van der Waals surface area contributed by atoms with E-state index in [1.807, 2.05) is 0 Å². The topological polar surface area (TPSA) is 105 Å². The van der Waals surface area contributed by atoms with E-state index in [0.29, 0.717) is 0 Å². The van der Waals surface area contributed by atoms with Crippen LogP contribution in [-0.2, 0) is 11.0 Å². The quantitative estimate of drug-likeness (QED) is 0.726. The van der Waals surface area contributed by atoms with Gasteiger partial charge in [-0.2, -0.15) is 13.2 Å². The maximum atomic E-state index is 13.0. The molecule has 4 N–H and O–H groups in total. The van der Waals surface area contributed by atoms with Crippen LogP contribution in [0.25, 0.3) is 0 Å². The van der Waals surface area contributed by atoms with Crippen LogP contribution in [0.2, 0.25) is 0 Å². The Morgan fingerprint density at radius 1 is 1.04 bits per heavy atom. The summed E-state index contributed by atoms with van der Waals surface area (Å²) in [6, 6.07) is 9.58. The van der Waals surface area contributed by atoms with Crippen molar-refractivity contribution in [2.75, 3.05) is 24.2 Å². The number of likely N-dealkylation sites (N-methyl/N-ethyl adjacent to an activating group) is 1. The third kappa shape index (κ3) is 5.47. The first-order chi connectivity index (χ1) is 13.1. The summed E-state index contributed by atoms with van der Waals surface area (Å²) in [6.07, 6.45) is -4.63. The van der Waals surface area contributed by atoms with Gasteiger partial charge in [0, 0.05) is 18.3 Å². The molecule has 0 aliphatic heterocycles. The fourth-order valence-electron chi connectivity index (χ4n) is 2.41. The van der Waals surface area contributed by atoms with Crippen molar-refractivity contribution >= 4 is 29.2 Å². The molecule has 0 spiro atoms. The second-order valence-electron chi connectivity index (χ2n) is 5.82. The first-order valence-electron chi connectivity index (χ1n) is 7.96. The van der Waals surface area contributed by atoms with Gasteiger partial charge in [-0.1, -0.05) is 18.2 Å². The number of rotatable bonds is 5. The fourth-order valence-corrected chi connectivity index (χ4v) is 2.41. The maximum absolute atomic E-state index is 13.0. The molecule has 0 aliphatic rings. The van der Waals surface area contributed by atoms with E-state index in [1.54, 1.807) is 0 Å². The van der Waals surface area contributed by atoms with Gasteiger partial charge in [-0.25, -0.2) is 4.79 Å². The number of amides is 4. The highest BCUT2D eigenvalue weighted by Gasteiger charge is 2.33. The number of para-hydroxylation sites is 1. The summed E-state index contributed by atoms with van der Waals surface area (Å²) in [5, 5.41) is 4.48. The van der Waals surface area contributed by atoms with E-state index in [9.17, 15) is 27.6 Å². The molecule has 0 fully saturated rings. The van der Waals surface area contributed by atoms with Gasteiger partial charge in [-0.15, -0.1) is 0 Å². The molecular formula is C18H17F3N4O3. The van der Waals surface area contributed by atoms with Gasteiger partial charge in [-0.3, -0.25) is 9.59 Å². The second-order valence-corrected chi connectivity index (χ2v) is 5.82. The minimum absolute atomic E-state index is 0.164. The van der Waals surface area contributed by atoms with Gasteiger partial charge >= 0.3 is 12.2 Å². The summed E-state index contributed by atoms with van der Waals surface area (Å²) in [5.74, 6) is -1.36. The van der Waals surface area contributed by atoms with Gasteiger partial charge < -0.3 is 21.3 Å². The number of urea groups is 1. The molecule has 2 aromatic rings. The van der Waals surface area contributed by atoms with Gasteiger partial charge in [0.15, 0.2) is 0 Å². The molecule has 28 heavy (non-hydrogen) atoms. The number of nitrogens with one attached hydrogen (secondary N) is 2. The van der Waals surface area contributed by atoms with E-state index in [2.05, 4.69) is 10.6 Å². The van der Waals surface area contributed by atoms with Crippen LogP contribution < -0.4 is 16.4 Å². The van der Waals surface area contributed by atoms with Gasteiger partial charge in [0.05, 0.1) is 17.8 Å². The van der Waals surface area contributed by atoms with E-state index < -0.39 is 41.8 Å². The summed E-state index contributed by atoms with van der Waals surface area (Å²) in [5.41, 5.74) is 4.09. The molecule has 0 aliphatic carbocycles. The van der Waals surface area contributed by atoms with Crippen LogP contribution >= 0.6 is 0 Å². The highest BCUT2D eigenvalue weighted by atomic mass is 19.4. The Kier molecular flexibility index (Phi) is 6.24. The molecule has 7 nitrogen and oxygen atoms in total. The van der Waals surface area contributed by atoms with Crippen molar-refractivity contribution in [1.29, 1.82) is 0 Å². The monoisotopic (exact) mass is 394 g/mol. The summed E-state index contributed by atoms with van der Waals surface area (Å²) >= 11 is 0. The molecule has 0 unspecified atom stereocenters. The first-order valence-corrected chi connectivity index (χ1v) is 7.96. The Balaban J connectivity index is 2.07. The molecule has 10 heteroatoms. The zero-order valence-corrected chi connectivity index (χ0v) is 14.7. The molecule has 0 radical (unpaired) electrons. The van der Waals surface area contributed by atoms with E-state index in [1.165, 1.54) is 43.4 Å². The zero-order valence-electron chi connectivity index (χ0n) is 14.7. The fraction of sp³-hybridized carbons (Fsp3) is 0.167. The lowest BCUT2D eigenvalue weighted by Gasteiger charge is -2.18. The van der Waals surface area contributed by atoms with Crippen molar-refractivity contribution in [3.8, 4) is 0 Å². The lowest BCUT2D eigenvalue weighted by Crippen LogP contribution is -2.35. The normalized spacial score (nSPS) is 10.9. The molecule has 2 rings (SSSR count). The van der Waals surface area contributed by atoms with E-state index in [0.717, 1.165) is 17.0 Å². The van der Waals surface area contributed by atoms with Crippen molar-refractivity contribution in [3.63, 3.8) is 0 Å². The number of benzene rings is 2. The third-order valence-electron chi connectivity index (χ3n) is 3.61. The van der Waals surface area contributed by atoms with Gasteiger partial charge in [0.2, 0.25) is 5.91 Å². The van der Waals surface area contributed by atoms with Crippen LogP contribution in [-0.4, -0.2) is 36.3 Å². The predicted molar refractivity (Wildman–Crippen MR) is 96.7 cm³/mol. The average Bonchev–Trinajstić information content (AvgIpc) is 2.60. The van der Waals surface area contributed by atoms with Gasteiger partial charge in [-0.05, 0) is 30.3 Å². The maximum Gasteiger partial charge on any atom is 0.418 e. The van der Waals surface area contributed by atoms with E-state index in [-0.39, 0.29) is 11.3 Å². The molecule has 148 valence electrons. The van der Waals surface area contributed by atoms with Gasteiger partial charge in [0.25, 0.3) is 5.91 Å². The van der Waals surface area contributed by atoms with E-state index in [4.69, 9.17) is 5.73 Å². The predicted octanol–water partition coefficient (Wildman–Crippen LogP) is 2.91. The molecule has 4 amide bonds. The molecule has 0 saturated heterocycles. The number of carbonyl (C=O) groups excluding carboxylic acids is 3. The molecular weight excluding hydrogens is 377 g/mol. The standard InChI is InChI=1S/C18H17F3N4O3/c1-25(16(27)11-5-4-6-12(9-11)23-17(22)28)10-15(26)24-14-8-3-2-7-13(14)18(19,20)21/h2-9H,10H2,1H3,(H,24,26)(H3,22,23,28). The second kappa shape index (κ2) is 8.42. The number of anilines is 2. The number of nitrogens with zero attached hydrogens (tertiary/aromatic N) is 1. The van der Waals surface area contributed by atoms with Crippen molar-refractivity contribution in [2.45, 2.75) is 6.18 Å². The average molecular weight is 394 g/mol. The highest BCUT2D eigenvalue weighted by Crippen LogP contribution is 2.34. The minimum atomic E-state index is -4.63. The Labute approximate surface area is 158 Å². The summed E-state index contributed by atoms with van der Waals surface area (Å²) in [6.45, 7) is -0.474. The number of halogens is 3. The van der Waals surface area contributed by atoms with Gasteiger partial charge in [0.1, 0.15) is 0 Å². The SMILES string of the molecule is CN(CC(=O)Nc1ccccc1C(F)(F)F)C(=O)c1cccc(NC(N)=O)c1. The highest BCUT2D eigenvalue weighted by molar-refractivity contribution is 6.00. The number of primary amides is 1. The van der Waals surface area contributed by atoms with Crippen molar-refractivity contribution < 1.29 is 27.6 Å². The lowest BCUT2D eigenvalue weighted by atomic mass is 10.1. The van der Waals surface area contributed by atoms with Crippen molar-refractivity contribution in [1.82, 2.24) is 4.90 Å². The Hall–Kier alpha value is -3.56. The minimum Gasteiger partial charge on any atom is -0.351 e. The van der Waals surface area contributed by atoms with Crippen LogP contribution in [0.4, 0.5) is 29.3 Å². The van der Waals surface area contributed by atoms with Crippen LogP contribution in [0.5, 0.6) is 0 Å². The zero-order chi connectivity index (χ0) is 20.9. The summed E-state index contributed by atoms with van der Waals surface area (Å²) in [7, 11) is 1.33. The Bertz CT molecular complexity index is 900. The smallest absolute Gasteiger partial charge is 0.351 e. The van der Waals surface area contributed by atoms with Crippen LogP contribution in [0.3, 0.4) is 0 Å². The summed E-state index contributed by atoms with van der Waals surface area (Å²) < 4.78 is 39.0. The van der Waals surface area contributed by atoms with Crippen molar-refractivity contribution in [2.24, 2.45) is 5.73 Å². The molecule has 2 aromatic carbocycles. The molecule has 0 atom stereocenters. The third-order valence-corrected chi connectivity index (χ3v) is 3.61. The van der Waals surface area contributed by atoms with E-state index >= 15 is 0 Å². The summed E-state index contributed by atoms with van der Waals surface area (Å²) in [4.78, 5) is 36.4. The number of nitrogens with two attached hydrogens (primary N) is 1. The van der Waals surface area contributed by atoms with Crippen LogP contribution in [0.15, 0.2) is 48.5 Å². The number of alkyl halides is 3. The lowest BCUT2D eigenvalue weighted by molar-refractivity contribution is -0.137. The molecule has 0 saturated carbocycles. The van der Waals surface area contributed by atoms with Crippen LogP contribution in [0, 0.1) is 0 Å². The molecule has 0 heterocycles. The molecule has 0 aromatic heterocycles. The molecule has 0 bridgehead atoms. The number of hydrogen-bond donors (Lipinski definition) is 3. The first kappa shape index (κ1) is 20.7. The number of carbonyl (C=O) groups is 3. The largest absolute Gasteiger partial charge is 0.418 e. The van der Waals surface area contributed by atoms with Crippen LogP contribution in [0.1, 0.15) is 15.9 Å². The Morgan fingerprint density at radius 2 is 1.71 bits per heavy atom. The van der Waals surface area contributed by atoms with Crippen molar-refractivity contribution in [3.05, 3.63) is 59.7 Å². The Morgan fingerprint density at radius 3 is 2.36 bits per heavy atom. The number of hydrogen-bond acceptors (Lipinski definition) is 3.